The molecule has 0 radical (unpaired) electrons. The molecule has 0 saturated heterocycles. The van der Waals surface area contributed by atoms with E-state index in [1.165, 1.54) is 29.7 Å². The summed E-state index contributed by atoms with van der Waals surface area (Å²) in [5, 5.41) is 3.55. The Morgan fingerprint density at radius 1 is 1.27 bits per heavy atom. The van der Waals surface area contributed by atoms with Crippen molar-refractivity contribution < 1.29 is 0 Å². The molecule has 2 nitrogen and oxygen atoms in total. The topological polar surface area (TPSA) is 38.0 Å². The molecule has 0 heterocycles. The van der Waals surface area contributed by atoms with Gasteiger partial charge in [0.05, 0.1) is 0 Å². The van der Waals surface area contributed by atoms with E-state index in [-0.39, 0.29) is 0 Å². The molecule has 1 aliphatic rings. The van der Waals surface area contributed by atoms with Gasteiger partial charge in [-0.25, -0.2) is 0 Å². The van der Waals surface area contributed by atoms with Crippen LogP contribution in [0.2, 0.25) is 0 Å². The van der Waals surface area contributed by atoms with Crippen LogP contribution in [-0.4, -0.2) is 12.6 Å². The fraction of sp³-hybridized carbons (Fsp3) is 0.538. The monoisotopic (exact) mass is 204 g/mol. The lowest BCUT2D eigenvalue weighted by atomic mass is 9.81. The lowest BCUT2D eigenvalue weighted by Gasteiger charge is -2.33. The molecule has 0 bridgehead atoms. The van der Waals surface area contributed by atoms with Crippen molar-refractivity contribution >= 4 is 5.69 Å². The van der Waals surface area contributed by atoms with Crippen LogP contribution in [0.3, 0.4) is 0 Å². The molecule has 1 fully saturated rings. The number of hydrogen-bond acceptors (Lipinski definition) is 2. The highest BCUT2D eigenvalue weighted by Crippen LogP contribution is 2.27. The fourth-order valence-corrected chi connectivity index (χ4v) is 2.29. The molecule has 0 atom stereocenters. The van der Waals surface area contributed by atoms with Gasteiger partial charge in [-0.3, -0.25) is 0 Å². The van der Waals surface area contributed by atoms with E-state index in [0.29, 0.717) is 6.04 Å². The summed E-state index contributed by atoms with van der Waals surface area (Å²) in [6, 6.07) is 6.87. The molecule has 1 aromatic rings. The standard InChI is InChI=1S/C13H20N2/c1-9-4-3-5-10(2)13(9)15-8-11-6-12(14)7-11/h3-5,11-12,15H,6-8,14H2,1-2H3. The zero-order valence-corrected chi connectivity index (χ0v) is 9.59. The minimum atomic E-state index is 0.453. The molecular weight excluding hydrogens is 184 g/mol. The number of anilines is 1. The van der Waals surface area contributed by atoms with E-state index >= 15 is 0 Å². The number of aryl methyl sites for hydroxylation is 2. The molecule has 0 aliphatic heterocycles. The summed E-state index contributed by atoms with van der Waals surface area (Å²) in [5.41, 5.74) is 9.74. The maximum absolute atomic E-state index is 5.77. The SMILES string of the molecule is Cc1cccc(C)c1NCC1CC(N)C1. The van der Waals surface area contributed by atoms with Crippen LogP contribution in [0.25, 0.3) is 0 Å². The van der Waals surface area contributed by atoms with Crippen LogP contribution in [0.5, 0.6) is 0 Å². The van der Waals surface area contributed by atoms with Crippen molar-refractivity contribution in [1.29, 1.82) is 0 Å². The van der Waals surface area contributed by atoms with Crippen molar-refractivity contribution in [2.45, 2.75) is 32.7 Å². The van der Waals surface area contributed by atoms with E-state index in [0.717, 1.165) is 12.5 Å². The summed E-state index contributed by atoms with van der Waals surface area (Å²) < 4.78 is 0. The van der Waals surface area contributed by atoms with Crippen LogP contribution in [0.4, 0.5) is 5.69 Å². The molecule has 1 saturated carbocycles. The minimum absolute atomic E-state index is 0.453. The molecule has 2 heteroatoms. The Morgan fingerprint density at radius 2 is 1.87 bits per heavy atom. The Balaban J connectivity index is 1.93. The lowest BCUT2D eigenvalue weighted by molar-refractivity contribution is 0.280. The maximum atomic E-state index is 5.77. The van der Waals surface area contributed by atoms with Crippen molar-refractivity contribution in [3.05, 3.63) is 29.3 Å². The molecule has 15 heavy (non-hydrogen) atoms. The van der Waals surface area contributed by atoms with Gasteiger partial charge in [0, 0.05) is 18.3 Å². The molecule has 82 valence electrons. The molecule has 0 amide bonds. The second-order valence-electron chi connectivity index (χ2n) is 4.75. The van der Waals surface area contributed by atoms with E-state index in [1.807, 2.05) is 0 Å². The van der Waals surface area contributed by atoms with Crippen LogP contribution >= 0.6 is 0 Å². The highest BCUT2D eigenvalue weighted by molar-refractivity contribution is 5.56. The van der Waals surface area contributed by atoms with Crippen molar-refractivity contribution in [3.8, 4) is 0 Å². The Bertz CT molecular complexity index is 320. The quantitative estimate of drug-likeness (QED) is 0.793. The second kappa shape index (κ2) is 4.23. The molecule has 0 unspecified atom stereocenters. The van der Waals surface area contributed by atoms with E-state index in [1.54, 1.807) is 0 Å². The third-order valence-electron chi connectivity index (χ3n) is 3.32. The predicted molar refractivity (Wildman–Crippen MR) is 65.1 cm³/mol. The van der Waals surface area contributed by atoms with Gasteiger partial charge in [-0.05, 0) is 43.7 Å². The summed E-state index contributed by atoms with van der Waals surface area (Å²) in [5.74, 6) is 0.777. The van der Waals surface area contributed by atoms with E-state index < -0.39 is 0 Å². The van der Waals surface area contributed by atoms with Crippen LogP contribution in [0.1, 0.15) is 24.0 Å². The molecule has 0 spiro atoms. The Morgan fingerprint density at radius 3 is 2.40 bits per heavy atom. The Hall–Kier alpha value is -1.02. The number of nitrogens with two attached hydrogens (primary N) is 1. The smallest absolute Gasteiger partial charge is 0.0399 e. The highest BCUT2D eigenvalue weighted by atomic mass is 14.9. The van der Waals surface area contributed by atoms with Gasteiger partial charge in [0.2, 0.25) is 0 Å². The number of rotatable bonds is 3. The summed E-state index contributed by atoms with van der Waals surface area (Å²) >= 11 is 0. The van der Waals surface area contributed by atoms with Crippen LogP contribution < -0.4 is 11.1 Å². The van der Waals surface area contributed by atoms with Gasteiger partial charge < -0.3 is 11.1 Å². The maximum Gasteiger partial charge on any atom is 0.0399 e. The third-order valence-corrected chi connectivity index (χ3v) is 3.32. The molecule has 3 N–H and O–H groups in total. The van der Waals surface area contributed by atoms with Gasteiger partial charge in [0.15, 0.2) is 0 Å². The first-order chi connectivity index (χ1) is 7.16. The van der Waals surface area contributed by atoms with E-state index in [4.69, 9.17) is 5.73 Å². The van der Waals surface area contributed by atoms with Crippen molar-refractivity contribution in [3.63, 3.8) is 0 Å². The first-order valence-corrected chi connectivity index (χ1v) is 5.72. The summed E-state index contributed by atoms with van der Waals surface area (Å²) in [4.78, 5) is 0. The average molecular weight is 204 g/mol. The van der Waals surface area contributed by atoms with Gasteiger partial charge in [-0.1, -0.05) is 18.2 Å². The van der Waals surface area contributed by atoms with Crippen molar-refractivity contribution in [2.75, 3.05) is 11.9 Å². The van der Waals surface area contributed by atoms with Crippen LogP contribution in [0, 0.1) is 19.8 Å². The average Bonchev–Trinajstić information content (AvgIpc) is 2.14. The zero-order chi connectivity index (χ0) is 10.8. The van der Waals surface area contributed by atoms with Gasteiger partial charge >= 0.3 is 0 Å². The largest absolute Gasteiger partial charge is 0.384 e. The second-order valence-corrected chi connectivity index (χ2v) is 4.75. The van der Waals surface area contributed by atoms with Crippen LogP contribution in [0.15, 0.2) is 18.2 Å². The molecular formula is C13H20N2. The number of benzene rings is 1. The van der Waals surface area contributed by atoms with Crippen LogP contribution in [-0.2, 0) is 0 Å². The Labute approximate surface area is 91.9 Å². The normalized spacial score (nSPS) is 24.7. The highest BCUT2D eigenvalue weighted by Gasteiger charge is 2.25. The Kier molecular flexibility index (Phi) is 2.96. The number of para-hydroxylation sites is 1. The van der Waals surface area contributed by atoms with E-state index in [2.05, 4.69) is 37.4 Å². The number of hydrogen-bond donors (Lipinski definition) is 2. The molecule has 1 aliphatic carbocycles. The lowest BCUT2D eigenvalue weighted by Crippen LogP contribution is -2.39. The van der Waals surface area contributed by atoms with E-state index in [9.17, 15) is 0 Å². The minimum Gasteiger partial charge on any atom is -0.384 e. The van der Waals surface area contributed by atoms with Gasteiger partial charge in [-0.2, -0.15) is 0 Å². The van der Waals surface area contributed by atoms with Crippen molar-refractivity contribution in [1.82, 2.24) is 0 Å². The molecule has 0 aromatic heterocycles. The van der Waals surface area contributed by atoms with Gasteiger partial charge in [0.25, 0.3) is 0 Å². The third kappa shape index (κ3) is 2.32. The fourth-order valence-electron chi connectivity index (χ4n) is 2.29. The summed E-state index contributed by atoms with van der Waals surface area (Å²) in [7, 11) is 0. The zero-order valence-electron chi connectivity index (χ0n) is 9.59. The summed E-state index contributed by atoms with van der Waals surface area (Å²) in [6.45, 7) is 5.38. The number of nitrogens with one attached hydrogen (secondary N) is 1. The van der Waals surface area contributed by atoms with Crippen molar-refractivity contribution in [2.24, 2.45) is 11.7 Å². The predicted octanol–water partition coefficient (Wildman–Crippen LogP) is 2.45. The van der Waals surface area contributed by atoms with Gasteiger partial charge in [-0.15, -0.1) is 0 Å². The molecule has 1 aromatic carbocycles. The first kappa shape index (κ1) is 10.5. The molecule has 2 rings (SSSR count). The van der Waals surface area contributed by atoms with Gasteiger partial charge in [0.1, 0.15) is 0 Å². The first-order valence-electron chi connectivity index (χ1n) is 5.72. The summed E-state index contributed by atoms with van der Waals surface area (Å²) in [6.07, 6.45) is 2.36.